The van der Waals surface area contributed by atoms with Crippen molar-refractivity contribution >= 4 is 12.1 Å². The van der Waals surface area contributed by atoms with Gasteiger partial charge in [0.2, 0.25) is 6.79 Å². The number of carbonyl (C=O) groups excluding carboxylic acids is 1. The molecule has 0 radical (unpaired) electrons. The van der Waals surface area contributed by atoms with Crippen molar-refractivity contribution in [3.05, 3.63) is 58.9 Å². The van der Waals surface area contributed by atoms with Crippen LogP contribution in [0.5, 0.6) is 11.5 Å². The number of nitriles is 1. The zero-order valence-corrected chi connectivity index (χ0v) is 11.7. The molecule has 0 aromatic heterocycles. The summed E-state index contributed by atoms with van der Waals surface area (Å²) in [6, 6.07) is 10.6. The number of amides is 1. The topological polar surface area (TPSA) is 83.7 Å². The van der Waals surface area contributed by atoms with Gasteiger partial charge in [0, 0.05) is 0 Å². The number of rotatable bonds is 3. The molecule has 6 nitrogen and oxygen atoms in total. The highest BCUT2D eigenvalue weighted by molar-refractivity contribution is 5.95. The van der Waals surface area contributed by atoms with Crippen LogP contribution < -0.4 is 14.9 Å². The fourth-order valence-electron chi connectivity index (χ4n) is 1.99. The Bertz CT molecular complexity index is 843. The Morgan fingerprint density at radius 3 is 2.87 bits per heavy atom. The van der Waals surface area contributed by atoms with E-state index in [1.807, 2.05) is 0 Å². The largest absolute Gasteiger partial charge is 0.454 e. The van der Waals surface area contributed by atoms with E-state index in [0.717, 1.165) is 6.07 Å². The van der Waals surface area contributed by atoms with E-state index in [4.69, 9.17) is 14.7 Å². The summed E-state index contributed by atoms with van der Waals surface area (Å²) in [5.41, 5.74) is 2.87. The van der Waals surface area contributed by atoms with Gasteiger partial charge in [-0.3, -0.25) is 4.79 Å². The van der Waals surface area contributed by atoms with Gasteiger partial charge < -0.3 is 9.47 Å². The highest BCUT2D eigenvalue weighted by Gasteiger charge is 2.13. The number of fused-ring (bicyclic) bond motifs is 1. The van der Waals surface area contributed by atoms with E-state index in [1.54, 1.807) is 24.3 Å². The van der Waals surface area contributed by atoms with Crippen molar-refractivity contribution in [1.82, 2.24) is 5.43 Å². The summed E-state index contributed by atoms with van der Waals surface area (Å²) in [5, 5.41) is 12.4. The standard InChI is InChI=1S/C16H10FN3O3/c17-13-5-10(7-18)1-3-12(13)16(21)20-19-8-11-2-4-14-15(6-11)23-9-22-14/h1-6,8H,9H2,(H,20,21)/b19-8-. The van der Waals surface area contributed by atoms with E-state index in [9.17, 15) is 9.18 Å². The van der Waals surface area contributed by atoms with Crippen LogP contribution in [0.2, 0.25) is 0 Å². The zero-order chi connectivity index (χ0) is 16.2. The van der Waals surface area contributed by atoms with Gasteiger partial charge >= 0.3 is 0 Å². The van der Waals surface area contributed by atoms with Crippen LogP contribution in [0.3, 0.4) is 0 Å². The molecule has 0 atom stereocenters. The number of hydrazone groups is 1. The molecule has 0 fully saturated rings. The molecule has 3 rings (SSSR count). The summed E-state index contributed by atoms with van der Waals surface area (Å²) < 4.78 is 24.1. The number of benzene rings is 2. The van der Waals surface area contributed by atoms with Gasteiger partial charge in [0.25, 0.3) is 5.91 Å². The first kappa shape index (κ1) is 14.5. The first-order valence-electron chi connectivity index (χ1n) is 6.60. The predicted octanol–water partition coefficient (Wildman–Crippen LogP) is 2.19. The molecule has 1 heterocycles. The van der Waals surface area contributed by atoms with Crippen LogP contribution in [-0.2, 0) is 0 Å². The summed E-state index contributed by atoms with van der Waals surface area (Å²) in [6.07, 6.45) is 1.40. The molecule has 2 aromatic rings. The minimum Gasteiger partial charge on any atom is -0.454 e. The Morgan fingerprint density at radius 2 is 2.09 bits per heavy atom. The molecule has 1 aliphatic heterocycles. The normalized spacial score (nSPS) is 12.2. The predicted molar refractivity (Wildman–Crippen MR) is 78.7 cm³/mol. The van der Waals surface area contributed by atoms with E-state index in [1.165, 1.54) is 18.3 Å². The van der Waals surface area contributed by atoms with E-state index in [-0.39, 0.29) is 17.9 Å². The lowest BCUT2D eigenvalue weighted by Crippen LogP contribution is -2.19. The van der Waals surface area contributed by atoms with E-state index < -0.39 is 11.7 Å². The minimum atomic E-state index is -0.778. The molecule has 114 valence electrons. The quantitative estimate of drug-likeness (QED) is 0.695. The minimum absolute atomic E-state index is 0.142. The van der Waals surface area contributed by atoms with Gasteiger partial charge in [-0.25, -0.2) is 9.82 Å². The monoisotopic (exact) mass is 311 g/mol. The smallest absolute Gasteiger partial charge is 0.274 e. The van der Waals surface area contributed by atoms with Gasteiger partial charge in [0.15, 0.2) is 11.5 Å². The average Bonchev–Trinajstić information content (AvgIpc) is 3.02. The maximum Gasteiger partial charge on any atom is 0.274 e. The Labute approximate surface area is 130 Å². The molecule has 1 aliphatic rings. The van der Waals surface area contributed by atoms with Crippen LogP contribution in [0.15, 0.2) is 41.5 Å². The molecule has 7 heteroatoms. The van der Waals surface area contributed by atoms with Crippen molar-refractivity contribution < 1.29 is 18.7 Å². The van der Waals surface area contributed by atoms with E-state index in [0.29, 0.717) is 17.1 Å². The zero-order valence-electron chi connectivity index (χ0n) is 11.7. The molecule has 1 N–H and O–H groups in total. The molecular weight excluding hydrogens is 301 g/mol. The molecular formula is C16H10FN3O3. The molecule has 0 bridgehead atoms. The van der Waals surface area contributed by atoms with Crippen molar-refractivity contribution in [2.24, 2.45) is 5.10 Å². The van der Waals surface area contributed by atoms with Crippen molar-refractivity contribution in [3.8, 4) is 17.6 Å². The first-order valence-corrected chi connectivity index (χ1v) is 6.60. The fourth-order valence-corrected chi connectivity index (χ4v) is 1.99. The second-order valence-electron chi connectivity index (χ2n) is 4.62. The third-order valence-corrected chi connectivity index (χ3v) is 3.12. The number of nitrogens with one attached hydrogen (secondary N) is 1. The maximum atomic E-state index is 13.7. The highest BCUT2D eigenvalue weighted by atomic mass is 19.1. The van der Waals surface area contributed by atoms with Crippen LogP contribution in [-0.4, -0.2) is 18.9 Å². The van der Waals surface area contributed by atoms with E-state index in [2.05, 4.69) is 10.5 Å². The van der Waals surface area contributed by atoms with Crippen LogP contribution >= 0.6 is 0 Å². The molecule has 0 saturated carbocycles. The van der Waals surface area contributed by atoms with Crippen molar-refractivity contribution in [2.45, 2.75) is 0 Å². The summed E-state index contributed by atoms with van der Waals surface area (Å²) >= 11 is 0. The summed E-state index contributed by atoms with van der Waals surface area (Å²) in [6.45, 7) is 0.171. The van der Waals surface area contributed by atoms with Gasteiger partial charge in [-0.05, 0) is 42.0 Å². The number of hydrogen-bond acceptors (Lipinski definition) is 5. The van der Waals surface area contributed by atoms with Gasteiger partial charge in [0.1, 0.15) is 5.82 Å². The lowest BCUT2D eigenvalue weighted by molar-refractivity contribution is 0.0951. The second kappa shape index (κ2) is 6.15. The Hall–Kier alpha value is -3.40. The second-order valence-corrected chi connectivity index (χ2v) is 4.62. The molecule has 0 spiro atoms. The average molecular weight is 311 g/mol. The van der Waals surface area contributed by atoms with Gasteiger partial charge in [-0.1, -0.05) is 0 Å². The number of ether oxygens (including phenoxy) is 2. The van der Waals surface area contributed by atoms with E-state index >= 15 is 0 Å². The third-order valence-electron chi connectivity index (χ3n) is 3.12. The lowest BCUT2D eigenvalue weighted by atomic mass is 10.1. The first-order chi connectivity index (χ1) is 11.2. The fraction of sp³-hybridized carbons (Fsp3) is 0.0625. The SMILES string of the molecule is N#Cc1ccc(C(=O)N/N=C\c2ccc3c(c2)OCO3)c(F)c1. The third kappa shape index (κ3) is 3.11. The lowest BCUT2D eigenvalue weighted by Gasteiger charge is -2.02. The summed E-state index contributed by atoms with van der Waals surface area (Å²) in [5.74, 6) is -0.243. The number of carbonyl (C=O) groups is 1. The molecule has 0 unspecified atom stereocenters. The van der Waals surface area contributed by atoms with Gasteiger partial charge in [-0.2, -0.15) is 10.4 Å². The van der Waals surface area contributed by atoms with Crippen molar-refractivity contribution in [3.63, 3.8) is 0 Å². The molecule has 0 saturated heterocycles. The molecule has 1 amide bonds. The van der Waals surface area contributed by atoms with Crippen LogP contribution in [0.1, 0.15) is 21.5 Å². The van der Waals surface area contributed by atoms with Gasteiger partial charge in [-0.15, -0.1) is 0 Å². The summed E-state index contributed by atoms with van der Waals surface area (Å²) in [4.78, 5) is 11.9. The van der Waals surface area contributed by atoms with Crippen LogP contribution in [0, 0.1) is 17.1 Å². The van der Waals surface area contributed by atoms with Gasteiger partial charge in [0.05, 0.1) is 23.4 Å². The maximum absolute atomic E-state index is 13.7. The summed E-state index contributed by atoms with van der Waals surface area (Å²) in [7, 11) is 0. The van der Waals surface area contributed by atoms with Crippen LogP contribution in [0.25, 0.3) is 0 Å². The van der Waals surface area contributed by atoms with Crippen molar-refractivity contribution in [1.29, 1.82) is 5.26 Å². The number of nitrogens with zero attached hydrogens (tertiary/aromatic N) is 2. The molecule has 23 heavy (non-hydrogen) atoms. The van der Waals surface area contributed by atoms with Crippen molar-refractivity contribution in [2.75, 3.05) is 6.79 Å². The molecule has 2 aromatic carbocycles. The Balaban J connectivity index is 1.68. The number of halogens is 1. The highest BCUT2D eigenvalue weighted by Crippen LogP contribution is 2.31. The Morgan fingerprint density at radius 1 is 1.26 bits per heavy atom. The van der Waals surface area contributed by atoms with Crippen LogP contribution in [0.4, 0.5) is 4.39 Å². The number of hydrogen-bond donors (Lipinski definition) is 1. The Kier molecular flexibility index (Phi) is 3.89. The molecule has 0 aliphatic carbocycles.